The fourth-order valence-electron chi connectivity index (χ4n) is 2.88. The molecule has 0 spiro atoms. The SMILES string of the molecule is CCOc1cc(F)ccc1NC(C)C(=O)NC(=O)NC1CCCCC1. The Labute approximate surface area is 147 Å². The Morgan fingerprint density at radius 1 is 1.28 bits per heavy atom. The number of nitrogens with one attached hydrogen (secondary N) is 3. The van der Waals surface area contributed by atoms with Crippen LogP contribution in [-0.4, -0.2) is 30.6 Å². The highest BCUT2D eigenvalue weighted by molar-refractivity contribution is 5.98. The highest BCUT2D eigenvalue weighted by Gasteiger charge is 2.20. The molecule has 1 unspecified atom stereocenters. The Bertz CT molecular complexity index is 603. The molecule has 6 nitrogen and oxygen atoms in total. The van der Waals surface area contributed by atoms with Crippen LogP contribution in [0.25, 0.3) is 0 Å². The van der Waals surface area contributed by atoms with E-state index in [9.17, 15) is 14.0 Å². The number of hydrogen-bond donors (Lipinski definition) is 3. The second kappa shape index (κ2) is 9.25. The number of carbonyl (C=O) groups excluding carboxylic acids is 2. The summed E-state index contributed by atoms with van der Waals surface area (Å²) in [6.07, 6.45) is 5.29. The Balaban J connectivity index is 1.88. The molecule has 138 valence electrons. The molecule has 3 N–H and O–H groups in total. The average Bonchev–Trinajstić information content (AvgIpc) is 2.58. The molecule has 3 amide bonds. The van der Waals surface area contributed by atoms with Crippen LogP contribution >= 0.6 is 0 Å². The standard InChI is InChI=1S/C18H26FN3O3/c1-3-25-16-11-13(19)9-10-15(16)20-12(2)17(23)22-18(24)21-14-7-5-4-6-8-14/h9-12,14,20H,3-8H2,1-2H3,(H2,21,22,23,24). The third-order valence-corrected chi connectivity index (χ3v) is 4.19. The van der Waals surface area contributed by atoms with Crippen molar-refractivity contribution in [1.82, 2.24) is 10.6 Å². The Kier molecular flexibility index (Phi) is 7.03. The van der Waals surface area contributed by atoms with Crippen LogP contribution in [-0.2, 0) is 4.79 Å². The summed E-state index contributed by atoms with van der Waals surface area (Å²) < 4.78 is 18.7. The van der Waals surface area contributed by atoms with Crippen molar-refractivity contribution in [3.63, 3.8) is 0 Å². The van der Waals surface area contributed by atoms with Gasteiger partial charge >= 0.3 is 6.03 Å². The van der Waals surface area contributed by atoms with Gasteiger partial charge in [-0.25, -0.2) is 9.18 Å². The first-order chi connectivity index (χ1) is 12.0. The van der Waals surface area contributed by atoms with Gasteiger partial charge in [-0.3, -0.25) is 10.1 Å². The Morgan fingerprint density at radius 3 is 2.68 bits per heavy atom. The molecule has 1 aliphatic carbocycles. The molecule has 0 bridgehead atoms. The van der Waals surface area contributed by atoms with E-state index < -0.39 is 23.8 Å². The smallest absolute Gasteiger partial charge is 0.321 e. The largest absolute Gasteiger partial charge is 0.492 e. The zero-order valence-corrected chi connectivity index (χ0v) is 14.7. The normalized spacial score (nSPS) is 16.0. The quantitative estimate of drug-likeness (QED) is 0.735. The van der Waals surface area contributed by atoms with Crippen molar-refractivity contribution in [3.8, 4) is 5.75 Å². The van der Waals surface area contributed by atoms with Gasteiger partial charge in [0.25, 0.3) is 0 Å². The minimum absolute atomic E-state index is 0.131. The Morgan fingerprint density at radius 2 is 2.00 bits per heavy atom. The lowest BCUT2D eigenvalue weighted by Crippen LogP contribution is -2.49. The van der Waals surface area contributed by atoms with Crippen molar-refractivity contribution >= 4 is 17.6 Å². The van der Waals surface area contributed by atoms with E-state index >= 15 is 0 Å². The fourth-order valence-corrected chi connectivity index (χ4v) is 2.88. The molecule has 25 heavy (non-hydrogen) atoms. The lowest BCUT2D eigenvalue weighted by Gasteiger charge is -2.23. The molecule has 1 atom stereocenters. The molecule has 0 aromatic heterocycles. The van der Waals surface area contributed by atoms with Crippen molar-refractivity contribution in [2.24, 2.45) is 0 Å². The van der Waals surface area contributed by atoms with E-state index in [4.69, 9.17) is 4.74 Å². The molecular formula is C18H26FN3O3. The predicted octanol–water partition coefficient (Wildman–Crippen LogP) is 3.18. The molecule has 2 rings (SSSR count). The second-order valence-corrected chi connectivity index (χ2v) is 6.24. The average molecular weight is 351 g/mol. The van der Waals surface area contributed by atoms with Gasteiger partial charge < -0.3 is 15.4 Å². The summed E-state index contributed by atoms with van der Waals surface area (Å²) in [5.41, 5.74) is 0.499. The van der Waals surface area contributed by atoms with Crippen LogP contribution in [0.1, 0.15) is 46.0 Å². The maximum absolute atomic E-state index is 13.3. The summed E-state index contributed by atoms with van der Waals surface area (Å²) in [4.78, 5) is 24.1. The summed E-state index contributed by atoms with van der Waals surface area (Å²) in [6.45, 7) is 3.80. The second-order valence-electron chi connectivity index (χ2n) is 6.24. The van der Waals surface area contributed by atoms with E-state index in [1.807, 2.05) is 0 Å². The number of anilines is 1. The highest BCUT2D eigenvalue weighted by Crippen LogP contribution is 2.26. The van der Waals surface area contributed by atoms with Crippen molar-refractivity contribution in [2.45, 2.75) is 58.0 Å². The minimum Gasteiger partial charge on any atom is -0.492 e. The van der Waals surface area contributed by atoms with E-state index in [0.29, 0.717) is 18.0 Å². The lowest BCUT2D eigenvalue weighted by molar-refractivity contribution is -0.120. The number of urea groups is 1. The number of hydrogen-bond acceptors (Lipinski definition) is 4. The van der Waals surface area contributed by atoms with Crippen molar-refractivity contribution in [1.29, 1.82) is 0 Å². The Hall–Kier alpha value is -2.31. The number of ether oxygens (including phenoxy) is 1. The van der Waals surface area contributed by atoms with Gasteiger partial charge in [-0.05, 0) is 38.8 Å². The number of imide groups is 1. The first kappa shape index (κ1) is 19.0. The molecule has 1 saturated carbocycles. The number of carbonyl (C=O) groups is 2. The number of benzene rings is 1. The monoisotopic (exact) mass is 351 g/mol. The van der Waals surface area contributed by atoms with Crippen LogP contribution in [0.2, 0.25) is 0 Å². The van der Waals surface area contributed by atoms with Gasteiger partial charge in [0.05, 0.1) is 12.3 Å². The van der Waals surface area contributed by atoms with Gasteiger partial charge in [-0.2, -0.15) is 0 Å². The molecule has 1 aromatic carbocycles. The van der Waals surface area contributed by atoms with E-state index in [2.05, 4.69) is 16.0 Å². The van der Waals surface area contributed by atoms with Gasteiger partial charge in [0.1, 0.15) is 17.6 Å². The zero-order valence-electron chi connectivity index (χ0n) is 14.7. The molecule has 7 heteroatoms. The molecule has 1 aliphatic rings. The third-order valence-electron chi connectivity index (χ3n) is 4.19. The van der Waals surface area contributed by atoms with Crippen LogP contribution in [0.15, 0.2) is 18.2 Å². The van der Waals surface area contributed by atoms with Crippen LogP contribution < -0.4 is 20.7 Å². The maximum Gasteiger partial charge on any atom is 0.321 e. The maximum atomic E-state index is 13.3. The number of rotatable bonds is 6. The molecule has 1 fully saturated rings. The van der Waals surface area contributed by atoms with E-state index in [0.717, 1.165) is 25.7 Å². The fraction of sp³-hybridized carbons (Fsp3) is 0.556. The van der Waals surface area contributed by atoms with Gasteiger partial charge in [0.2, 0.25) is 5.91 Å². The van der Waals surface area contributed by atoms with Crippen molar-refractivity contribution in [3.05, 3.63) is 24.0 Å². The summed E-state index contributed by atoms with van der Waals surface area (Å²) in [7, 11) is 0. The van der Waals surface area contributed by atoms with Gasteiger partial charge in [-0.1, -0.05) is 19.3 Å². The molecule has 1 aromatic rings. The summed E-state index contributed by atoms with van der Waals surface area (Å²) in [6, 6.07) is 3.02. The van der Waals surface area contributed by atoms with Crippen molar-refractivity contribution in [2.75, 3.05) is 11.9 Å². The molecule has 0 heterocycles. The third kappa shape index (κ3) is 5.92. The summed E-state index contributed by atoms with van der Waals surface area (Å²) in [5.74, 6) is -0.549. The van der Waals surface area contributed by atoms with Gasteiger partial charge in [0, 0.05) is 12.1 Å². The molecule has 0 aliphatic heterocycles. The number of halogens is 1. The zero-order chi connectivity index (χ0) is 18.2. The first-order valence-electron chi connectivity index (χ1n) is 8.80. The van der Waals surface area contributed by atoms with E-state index in [-0.39, 0.29) is 6.04 Å². The van der Waals surface area contributed by atoms with Crippen LogP contribution in [0, 0.1) is 5.82 Å². The molecule has 0 radical (unpaired) electrons. The van der Waals surface area contributed by atoms with Gasteiger partial charge in [-0.15, -0.1) is 0 Å². The molecular weight excluding hydrogens is 325 g/mol. The van der Waals surface area contributed by atoms with Crippen LogP contribution in [0.4, 0.5) is 14.9 Å². The van der Waals surface area contributed by atoms with E-state index in [1.165, 1.54) is 24.6 Å². The lowest BCUT2D eigenvalue weighted by atomic mass is 9.96. The van der Waals surface area contributed by atoms with E-state index in [1.54, 1.807) is 13.8 Å². The summed E-state index contributed by atoms with van der Waals surface area (Å²) in [5, 5.41) is 8.13. The highest BCUT2D eigenvalue weighted by atomic mass is 19.1. The van der Waals surface area contributed by atoms with Gasteiger partial charge in [0.15, 0.2) is 0 Å². The van der Waals surface area contributed by atoms with Crippen molar-refractivity contribution < 1.29 is 18.7 Å². The van der Waals surface area contributed by atoms with Crippen LogP contribution in [0.5, 0.6) is 5.75 Å². The molecule has 0 saturated heterocycles. The first-order valence-corrected chi connectivity index (χ1v) is 8.80. The predicted molar refractivity (Wildman–Crippen MR) is 94.2 cm³/mol. The minimum atomic E-state index is -0.679. The topological polar surface area (TPSA) is 79.5 Å². The summed E-state index contributed by atoms with van der Waals surface area (Å²) >= 11 is 0. The number of amides is 3. The van der Waals surface area contributed by atoms with Crippen LogP contribution in [0.3, 0.4) is 0 Å².